The Bertz CT molecular complexity index is 750. The number of esters is 1. The quantitative estimate of drug-likeness (QED) is 0.688. The molecular formula is C15H12N2O3S. The lowest BCUT2D eigenvalue weighted by Gasteiger charge is -2.00. The van der Waals surface area contributed by atoms with Gasteiger partial charge in [0.05, 0.1) is 6.61 Å². The molecule has 0 N–H and O–H groups in total. The van der Waals surface area contributed by atoms with Crippen molar-refractivity contribution < 1.29 is 13.9 Å². The molecule has 3 aromatic rings. The minimum Gasteiger partial charge on any atom is -0.459 e. The fraction of sp³-hybridized carbons (Fsp3) is 0.133. The summed E-state index contributed by atoms with van der Waals surface area (Å²) in [6, 6.07) is 9.77. The van der Waals surface area contributed by atoms with Crippen molar-refractivity contribution in [3.8, 4) is 22.6 Å². The Labute approximate surface area is 125 Å². The van der Waals surface area contributed by atoms with Gasteiger partial charge in [0.25, 0.3) is 0 Å². The van der Waals surface area contributed by atoms with Crippen molar-refractivity contribution in [2.75, 3.05) is 6.61 Å². The highest BCUT2D eigenvalue weighted by molar-refractivity contribution is 7.08. The molecule has 106 valence electrons. The summed E-state index contributed by atoms with van der Waals surface area (Å²) < 4.78 is 10.2. The molecule has 0 radical (unpaired) electrons. The van der Waals surface area contributed by atoms with Crippen LogP contribution in [0.1, 0.15) is 17.6 Å². The van der Waals surface area contributed by atoms with Gasteiger partial charge in [-0.2, -0.15) is 11.3 Å². The number of ether oxygens (including phenoxy) is 1. The van der Waals surface area contributed by atoms with Crippen LogP contribution >= 0.6 is 11.3 Å². The Hall–Kier alpha value is -2.47. The number of thiophene rings is 1. The van der Waals surface area contributed by atoms with Gasteiger partial charge in [0.15, 0.2) is 0 Å². The molecule has 0 unspecified atom stereocenters. The number of carbonyl (C=O) groups excluding carboxylic acids is 1. The highest BCUT2D eigenvalue weighted by Gasteiger charge is 2.17. The highest BCUT2D eigenvalue weighted by Crippen LogP contribution is 2.27. The summed E-state index contributed by atoms with van der Waals surface area (Å²) in [5, 5.41) is 11.7. The Morgan fingerprint density at radius 2 is 2.10 bits per heavy atom. The maximum atomic E-state index is 11.5. The third kappa shape index (κ3) is 2.85. The summed E-state index contributed by atoms with van der Waals surface area (Å²) in [4.78, 5) is 11.5. The number of hydrogen-bond acceptors (Lipinski definition) is 6. The Morgan fingerprint density at radius 1 is 1.24 bits per heavy atom. The Balaban J connectivity index is 1.91. The van der Waals surface area contributed by atoms with Crippen LogP contribution in [0.3, 0.4) is 0 Å². The van der Waals surface area contributed by atoms with Crippen LogP contribution in [0, 0.1) is 0 Å². The van der Waals surface area contributed by atoms with E-state index in [4.69, 9.17) is 9.15 Å². The lowest BCUT2D eigenvalue weighted by Crippen LogP contribution is -2.04. The molecule has 0 amide bonds. The predicted octanol–water partition coefficient (Wildman–Crippen LogP) is 3.64. The lowest BCUT2D eigenvalue weighted by molar-refractivity contribution is 0.0481. The first-order valence-corrected chi connectivity index (χ1v) is 7.36. The zero-order valence-corrected chi connectivity index (χ0v) is 12.1. The second kappa shape index (κ2) is 5.88. The van der Waals surface area contributed by atoms with Gasteiger partial charge in [-0.05, 0) is 47.0 Å². The van der Waals surface area contributed by atoms with E-state index in [9.17, 15) is 4.79 Å². The van der Waals surface area contributed by atoms with Gasteiger partial charge in [0, 0.05) is 5.56 Å². The minimum absolute atomic E-state index is 0.132. The summed E-state index contributed by atoms with van der Waals surface area (Å²) in [5.41, 5.74) is 2.96. The van der Waals surface area contributed by atoms with Crippen LogP contribution in [-0.2, 0) is 4.74 Å². The zero-order valence-electron chi connectivity index (χ0n) is 11.3. The average molecular weight is 300 g/mol. The van der Waals surface area contributed by atoms with Crippen LogP contribution in [0.15, 0.2) is 45.5 Å². The summed E-state index contributed by atoms with van der Waals surface area (Å²) >= 11 is 1.64. The standard InChI is InChI=1S/C15H12N2O3S/c1-2-19-15(18)14-17-16-13(20-14)11-5-3-4-10(8-11)12-6-7-21-9-12/h3-9H,2H2,1H3. The molecular weight excluding hydrogens is 288 g/mol. The largest absolute Gasteiger partial charge is 0.459 e. The van der Waals surface area contributed by atoms with Crippen molar-refractivity contribution in [1.82, 2.24) is 10.2 Å². The van der Waals surface area contributed by atoms with Gasteiger partial charge in [0.1, 0.15) is 0 Å². The summed E-state index contributed by atoms with van der Waals surface area (Å²) in [6.45, 7) is 1.99. The average Bonchev–Trinajstić information content (AvgIpc) is 3.19. The molecule has 0 aliphatic rings. The molecule has 2 heterocycles. The van der Waals surface area contributed by atoms with Crippen LogP contribution < -0.4 is 0 Å². The molecule has 0 atom stereocenters. The minimum atomic E-state index is -0.606. The normalized spacial score (nSPS) is 10.5. The maximum absolute atomic E-state index is 11.5. The van der Waals surface area contributed by atoms with Crippen LogP contribution in [0.25, 0.3) is 22.6 Å². The van der Waals surface area contributed by atoms with E-state index in [1.54, 1.807) is 18.3 Å². The van der Waals surface area contributed by atoms with Gasteiger partial charge in [-0.1, -0.05) is 12.1 Å². The SMILES string of the molecule is CCOC(=O)c1nnc(-c2cccc(-c3ccsc3)c2)o1. The smallest absolute Gasteiger partial charge is 0.396 e. The van der Waals surface area contributed by atoms with E-state index < -0.39 is 5.97 Å². The van der Waals surface area contributed by atoms with Gasteiger partial charge < -0.3 is 9.15 Å². The molecule has 2 aromatic heterocycles. The van der Waals surface area contributed by atoms with Crippen molar-refractivity contribution in [2.24, 2.45) is 0 Å². The van der Waals surface area contributed by atoms with Crippen molar-refractivity contribution in [3.63, 3.8) is 0 Å². The van der Waals surface area contributed by atoms with E-state index in [0.717, 1.165) is 16.7 Å². The molecule has 0 aliphatic heterocycles. The summed E-state index contributed by atoms with van der Waals surface area (Å²) in [7, 11) is 0. The van der Waals surface area contributed by atoms with E-state index in [1.807, 2.05) is 35.7 Å². The maximum Gasteiger partial charge on any atom is 0.396 e. The predicted molar refractivity (Wildman–Crippen MR) is 79.0 cm³/mol. The third-order valence-electron chi connectivity index (χ3n) is 2.84. The first kappa shape index (κ1) is 13.5. The first-order valence-electron chi connectivity index (χ1n) is 6.41. The molecule has 0 bridgehead atoms. The molecule has 0 saturated carbocycles. The highest BCUT2D eigenvalue weighted by atomic mass is 32.1. The first-order chi connectivity index (χ1) is 10.3. The fourth-order valence-electron chi connectivity index (χ4n) is 1.88. The molecule has 0 fully saturated rings. The second-order valence-corrected chi connectivity index (χ2v) is 5.01. The van der Waals surface area contributed by atoms with Crippen molar-refractivity contribution >= 4 is 17.3 Å². The molecule has 0 saturated heterocycles. The number of rotatable bonds is 4. The summed E-state index contributed by atoms with van der Waals surface area (Å²) in [6.07, 6.45) is 0. The van der Waals surface area contributed by atoms with Crippen molar-refractivity contribution in [3.05, 3.63) is 47.0 Å². The van der Waals surface area contributed by atoms with Gasteiger partial charge in [0.2, 0.25) is 5.89 Å². The molecule has 21 heavy (non-hydrogen) atoms. The van der Waals surface area contributed by atoms with E-state index in [2.05, 4.69) is 15.6 Å². The zero-order chi connectivity index (χ0) is 14.7. The number of hydrogen-bond donors (Lipinski definition) is 0. The number of benzene rings is 1. The van der Waals surface area contributed by atoms with Gasteiger partial charge in [-0.15, -0.1) is 10.2 Å². The Morgan fingerprint density at radius 3 is 2.86 bits per heavy atom. The molecule has 5 nitrogen and oxygen atoms in total. The van der Waals surface area contributed by atoms with Gasteiger partial charge >= 0.3 is 11.9 Å². The molecule has 0 spiro atoms. The van der Waals surface area contributed by atoms with Crippen LogP contribution in [-0.4, -0.2) is 22.8 Å². The molecule has 3 rings (SSSR count). The third-order valence-corrected chi connectivity index (χ3v) is 3.52. The number of aromatic nitrogens is 2. The number of nitrogens with zero attached hydrogens (tertiary/aromatic N) is 2. The van der Waals surface area contributed by atoms with E-state index in [1.165, 1.54) is 0 Å². The van der Waals surface area contributed by atoms with E-state index in [-0.39, 0.29) is 12.5 Å². The van der Waals surface area contributed by atoms with Crippen LogP contribution in [0.4, 0.5) is 0 Å². The van der Waals surface area contributed by atoms with Crippen molar-refractivity contribution in [2.45, 2.75) is 6.92 Å². The molecule has 0 aliphatic carbocycles. The van der Waals surface area contributed by atoms with E-state index in [0.29, 0.717) is 5.89 Å². The number of carbonyl (C=O) groups is 1. The monoisotopic (exact) mass is 300 g/mol. The fourth-order valence-corrected chi connectivity index (χ4v) is 2.54. The summed E-state index contributed by atoms with van der Waals surface area (Å²) in [5.74, 6) is -0.437. The second-order valence-electron chi connectivity index (χ2n) is 4.23. The van der Waals surface area contributed by atoms with Crippen LogP contribution in [0.5, 0.6) is 0 Å². The van der Waals surface area contributed by atoms with E-state index >= 15 is 0 Å². The molecule has 6 heteroatoms. The van der Waals surface area contributed by atoms with Crippen molar-refractivity contribution in [1.29, 1.82) is 0 Å². The lowest BCUT2D eigenvalue weighted by atomic mass is 10.1. The topological polar surface area (TPSA) is 65.2 Å². The van der Waals surface area contributed by atoms with Gasteiger partial charge in [-0.3, -0.25) is 0 Å². The van der Waals surface area contributed by atoms with Crippen LogP contribution in [0.2, 0.25) is 0 Å². The molecule has 1 aromatic carbocycles. The van der Waals surface area contributed by atoms with Gasteiger partial charge in [-0.25, -0.2) is 4.79 Å². The Kier molecular flexibility index (Phi) is 3.79.